The van der Waals surface area contributed by atoms with Gasteiger partial charge in [-0.2, -0.15) is 5.26 Å². The number of guanidine groups is 1. The second kappa shape index (κ2) is 13.5. The second-order valence-corrected chi connectivity index (χ2v) is 5.25. The van der Waals surface area contributed by atoms with Crippen LogP contribution in [-0.2, 0) is 11.3 Å². The zero-order valence-electron chi connectivity index (χ0n) is 15.2. The van der Waals surface area contributed by atoms with Gasteiger partial charge in [-0.3, -0.25) is 4.79 Å². The predicted molar refractivity (Wildman–Crippen MR) is 112 cm³/mol. The van der Waals surface area contributed by atoms with E-state index in [2.05, 4.69) is 21.7 Å². The van der Waals surface area contributed by atoms with E-state index in [1.807, 2.05) is 43.9 Å². The minimum absolute atomic E-state index is 0. The standard InChI is InChI=1S/C18H27N5O.HI/c1-4-20-18(21-11-10-17(24)23(5-2)6-3)22-14-16-9-7-8-15(12-16)13-19;/h7-9,12H,4-6,10-11,14H2,1-3H3,(H2,20,21,22);1H. The SMILES string of the molecule is CCNC(=NCc1cccc(C#N)c1)NCCC(=O)N(CC)CC.I. The molecule has 0 heterocycles. The molecular weight excluding hydrogens is 429 g/mol. The molecule has 0 aliphatic carbocycles. The first-order chi connectivity index (χ1) is 11.6. The molecule has 0 radical (unpaired) electrons. The van der Waals surface area contributed by atoms with Gasteiger partial charge in [-0.15, -0.1) is 24.0 Å². The van der Waals surface area contributed by atoms with Crippen LogP contribution in [-0.4, -0.2) is 42.9 Å². The molecule has 2 N–H and O–H groups in total. The summed E-state index contributed by atoms with van der Waals surface area (Å²) in [6.07, 6.45) is 0.440. The lowest BCUT2D eigenvalue weighted by molar-refractivity contribution is -0.130. The number of benzene rings is 1. The maximum absolute atomic E-state index is 12.0. The fourth-order valence-corrected chi connectivity index (χ4v) is 2.27. The van der Waals surface area contributed by atoms with Gasteiger partial charge in [0, 0.05) is 32.6 Å². The molecule has 0 aromatic heterocycles. The summed E-state index contributed by atoms with van der Waals surface area (Å²) < 4.78 is 0. The number of amides is 1. The van der Waals surface area contributed by atoms with Crippen LogP contribution in [0.15, 0.2) is 29.3 Å². The summed E-state index contributed by atoms with van der Waals surface area (Å²) >= 11 is 0. The van der Waals surface area contributed by atoms with E-state index < -0.39 is 0 Å². The van der Waals surface area contributed by atoms with Crippen LogP contribution in [0.3, 0.4) is 0 Å². The molecule has 0 unspecified atom stereocenters. The quantitative estimate of drug-likeness (QED) is 0.357. The van der Waals surface area contributed by atoms with Crippen molar-refractivity contribution in [2.75, 3.05) is 26.2 Å². The van der Waals surface area contributed by atoms with Crippen LogP contribution >= 0.6 is 24.0 Å². The van der Waals surface area contributed by atoms with Crippen molar-refractivity contribution < 1.29 is 4.79 Å². The molecule has 1 rings (SSSR count). The number of nitrogens with zero attached hydrogens (tertiary/aromatic N) is 3. The number of hydrogen-bond donors (Lipinski definition) is 2. The van der Waals surface area contributed by atoms with Gasteiger partial charge in [-0.05, 0) is 38.5 Å². The molecular formula is C18H28IN5O. The third-order valence-corrected chi connectivity index (χ3v) is 3.57. The van der Waals surface area contributed by atoms with Crippen molar-refractivity contribution in [2.45, 2.75) is 33.7 Å². The third-order valence-electron chi connectivity index (χ3n) is 3.57. The molecule has 0 spiro atoms. The van der Waals surface area contributed by atoms with Crippen molar-refractivity contribution in [3.63, 3.8) is 0 Å². The Bertz CT molecular complexity index is 593. The Morgan fingerprint density at radius 2 is 1.96 bits per heavy atom. The second-order valence-electron chi connectivity index (χ2n) is 5.25. The number of halogens is 1. The van der Waals surface area contributed by atoms with Gasteiger partial charge in [0.15, 0.2) is 5.96 Å². The van der Waals surface area contributed by atoms with E-state index in [4.69, 9.17) is 5.26 Å². The van der Waals surface area contributed by atoms with Crippen LogP contribution in [0.1, 0.15) is 38.3 Å². The highest BCUT2D eigenvalue weighted by molar-refractivity contribution is 14.0. The van der Waals surface area contributed by atoms with Gasteiger partial charge in [-0.1, -0.05) is 12.1 Å². The summed E-state index contributed by atoms with van der Waals surface area (Å²) in [5, 5.41) is 15.3. The Labute approximate surface area is 167 Å². The zero-order chi connectivity index (χ0) is 17.8. The van der Waals surface area contributed by atoms with E-state index in [0.29, 0.717) is 31.0 Å². The highest BCUT2D eigenvalue weighted by atomic mass is 127. The van der Waals surface area contributed by atoms with E-state index in [1.54, 1.807) is 6.07 Å². The normalized spacial score (nSPS) is 10.4. The molecule has 1 amide bonds. The first kappa shape index (κ1) is 23.2. The van der Waals surface area contributed by atoms with Crippen molar-refractivity contribution in [3.8, 4) is 6.07 Å². The molecule has 0 aliphatic rings. The summed E-state index contributed by atoms with van der Waals surface area (Å²) in [6.45, 7) is 9.19. The smallest absolute Gasteiger partial charge is 0.224 e. The van der Waals surface area contributed by atoms with Gasteiger partial charge in [-0.25, -0.2) is 4.99 Å². The Hall–Kier alpha value is -1.82. The van der Waals surface area contributed by atoms with Gasteiger partial charge < -0.3 is 15.5 Å². The molecule has 6 nitrogen and oxygen atoms in total. The number of nitriles is 1. The summed E-state index contributed by atoms with van der Waals surface area (Å²) in [5.41, 5.74) is 1.61. The zero-order valence-corrected chi connectivity index (χ0v) is 17.5. The third kappa shape index (κ3) is 8.72. The maximum atomic E-state index is 12.0. The summed E-state index contributed by atoms with van der Waals surface area (Å²) in [4.78, 5) is 18.3. The molecule has 0 atom stereocenters. The van der Waals surface area contributed by atoms with E-state index in [1.165, 1.54) is 0 Å². The lowest BCUT2D eigenvalue weighted by Gasteiger charge is -2.19. The molecule has 25 heavy (non-hydrogen) atoms. The Morgan fingerprint density at radius 3 is 2.56 bits per heavy atom. The number of hydrogen-bond acceptors (Lipinski definition) is 3. The van der Waals surface area contributed by atoms with Crippen molar-refractivity contribution >= 4 is 35.8 Å². The van der Waals surface area contributed by atoms with Crippen molar-refractivity contribution in [1.82, 2.24) is 15.5 Å². The van der Waals surface area contributed by atoms with E-state index >= 15 is 0 Å². The van der Waals surface area contributed by atoms with E-state index in [-0.39, 0.29) is 29.9 Å². The first-order valence-corrected chi connectivity index (χ1v) is 8.43. The Morgan fingerprint density at radius 1 is 1.24 bits per heavy atom. The summed E-state index contributed by atoms with van der Waals surface area (Å²) in [7, 11) is 0. The van der Waals surface area contributed by atoms with Crippen LogP contribution < -0.4 is 10.6 Å². The largest absolute Gasteiger partial charge is 0.357 e. The fourth-order valence-electron chi connectivity index (χ4n) is 2.27. The molecule has 1 aromatic rings. The first-order valence-electron chi connectivity index (χ1n) is 8.43. The Balaban J connectivity index is 0.00000576. The summed E-state index contributed by atoms with van der Waals surface area (Å²) in [5.74, 6) is 0.817. The van der Waals surface area contributed by atoms with Crippen LogP contribution in [0.5, 0.6) is 0 Å². The highest BCUT2D eigenvalue weighted by Gasteiger charge is 2.09. The molecule has 0 bridgehead atoms. The van der Waals surface area contributed by atoms with Gasteiger partial charge in [0.05, 0.1) is 18.2 Å². The number of aliphatic imine (C=N–C) groups is 1. The molecule has 0 saturated heterocycles. The molecule has 0 fully saturated rings. The predicted octanol–water partition coefficient (Wildman–Crippen LogP) is 2.49. The van der Waals surface area contributed by atoms with Crippen molar-refractivity contribution in [3.05, 3.63) is 35.4 Å². The maximum Gasteiger partial charge on any atom is 0.224 e. The lowest BCUT2D eigenvalue weighted by atomic mass is 10.1. The average Bonchev–Trinajstić information content (AvgIpc) is 2.61. The number of rotatable bonds is 8. The van der Waals surface area contributed by atoms with E-state index in [9.17, 15) is 4.79 Å². The fraction of sp³-hybridized carbons (Fsp3) is 0.500. The number of carbonyl (C=O) groups is 1. The van der Waals surface area contributed by atoms with Crippen LogP contribution in [0.2, 0.25) is 0 Å². The molecule has 138 valence electrons. The highest BCUT2D eigenvalue weighted by Crippen LogP contribution is 2.05. The lowest BCUT2D eigenvalue weighted by Crippen LogP contribution is -2.40. The summed E-state index contributed by atoms with van der Waals surface area (Å²) in [6, 6.07) is 9.53. The number of carbonyl (C=O) groups excluding carboxylic acids is 1. The van der Waals surface area contributed by atoms with Crippen molar-refractivity contribution in [2.24, 2.45) is 4.99 Å². The minimum Gasteiger partial charge on any atom is -0.357 e. The van der Waals surface area contributed by atoms with Crippen LogP contribution in [0.4, 0.5) is 0 Å². The van der Waals surface area contributed by atoms with E-state index in [0.717, 1.165) is 25.2 Å². The van der Waals surface area contributed by atoms with Crippen LogP contribution in [0.25, 0.3) is 0 Å². The Kier molecular flexibility index (Phi) is 12.5. The molecule has 7 heteroatoms. The topological polar surface area (TPSA) is 80.5 Å². The van der Waals surface area contributed by atoms with Gasteiger partial charge in [0.1, 0.15) is 0 Å². The monoisotopic (exact) mass is 457 g/mol. The number of nitrogens with one attached hydrogen (secondary N) is 2. The molecule has 0 aliphatic heterocycles. The minimum atomic E-state index is 0. The van der Waals surface area contributed by atoms with Crippen LogP contribution in [0, 0.1) is 11.3 Å². The molecule has 1 aromatic carbocycles. The molecule has 0 saturated carbocycles. The van der Waals surface area contributed by atoms with Gasteiger partial charge in [0.2, 0.25) is 5.91 Å². The van der Waals surface area contributed by atoms with Gasteiger partial charge >= 0.3 is 0 Å². The van der Waals surface area contributed by atoms with Crippen molar-refractivity contribution in [1.29, 1.82) is 5.26 Å². The average molecular weight is 457 g/mol. The van der Waals surface area contributed by atoms with Gasteiger partial charge in [0.25, 0.3) is 0 Å².